The lowest BCUT2D eigenvalue weighted by Gasteiger charge is -2.05. The molecule has 0 saturated heterocycles. The van der Waals surface area contributed by atoms with Crippen molar-refractivity contribution < 1.29 is 9.53 Å². The second kappa shape index (κ2) is 5.26. The molecular formula is C9H11N3O2S. The predicted molar refractivity (Wildman–Crippen MR) is 60.6 cm³/mol. The molecule has 0 radical (unpaired) electrons. The van der Waals surface area contributed by atoms with Crippen molar-refractivity contribution in [3.8, 4) is 0 Å². The van der Waals surface area contributed by atoms with Crippen molar-refractivity contribution in [2.75, 3.05) is 11.9 Å². The average Bonchev–Trinajstić information content (AvgIpc) is 2.17. The number of nitrogens with two attached hydrogens (primary N) is 1. The van der Waals surface area contributed by atoms with Crippen molar-refractivity contribution in [3.05, 3.63) is 23.9 Å². The van der Waals surface area contributed by atoms with E-state index in [1.807, 2.05) is 0 Å². The third-order valence-corrected chi connectivity index (χ3v) is 1.62. The summed E-state index contributed by atoms with van der Waals surface area (Å²) in [6.45, 7) is 2.08. The lowest BCUT2D eigenvalue weighted by Crippen LogP contribution is -2.20. The van der Waals surface area contributed by atoms with Crippen LogP contribution in [0.25, 0.3) is 0 Å². The van der Waals surface area contributed by atoms with Gasteiger partial charge in [-0.3, -0.25) is 0 Å². The minimum atomic E-state index is -0.397. The van der Waals surface area contributed by atoms with Gasteiger partial charge in [-0.25, -0.2) is 9.78 Å². The third-order valence-electron chi connectivity index (χ3n) is 1.52. The van der Waals surface area contributed by atoms with Crippen LogP contribution in [0, 0.1) is 0 Å². The Bertz CT molecular complexity index is 381. The normalized spacial score (nSPS) is 9.40. The maximum atomic E-state index is 11.3. The number of aromatic nitrogens is 1. The molecule has 1 heterocycles. The lowest BCUT2D eigenvalue weighted by molar-refractivity contribution is 0.0526. The molecule has 0 aliphatic heterocycles. The van der Waals surface area contributed by atoms with E-state index in [0.29, 0.717) is 18.0 Å². The summed E-state index contributed by atoms with van der Waals surface area (Å²) in [4.78, 5) is 15.3. The van der Waals surface area contributed by atoms with Gasteiger partial charge in [-0.2, -0.15) is 0 Å². The first-order valence-corrected chi connectivity index (χ1v) is 4.74. The maximum absolute atomic E-state index is 11.3. The summed E-state index contributed by atoms with van der Waals surface area (Å²) in [5.74, 6) is 0.0268. The van der Waals surface area contributed by atoms with Gasteiger partial charge in [0, 0.05) is 6.20 Å². The van der Waals surface area contributed by atoms with Crippen LogP contribution in [0.2, 0.25) is 0 Å². The number of nitrogens with one attached hydrogen (secondary N) is 1. The zero-order chi connectivity index (χ0) is 11.3. The van der Waals surface area contributed by atoms with Crippen LogP contribution >= 0.6 is 12.2 Å². The van der Waals surface area contributed by atoms with E-state index in [1.165, 1.54) is 12.3 Å². The Kier molecular flexibility index (Phi) is 3.99. The lowest BCUT2D eigenvalue weighted by atomic mass is 10.2. The Morgan fingerprint density at radius 2 is 2.47 bits per heavy atom. The first-order valence-electron chi connectivity index (χ1n) is 4.33. The largest absolute Gasteiger partial charge is 0.462 e. The number of pyridine rings is 1. The maximum Gasteiger partial charge on any atom is 0.338 e. The monoisotopic (exact) mass is 225 g/mol. The van der Waals surface area contributed by atoms with E-state index in [-0.39, 0.29) is 5.11 Å². The van der Waals surface area contributed by atoms with Crippen LogP contribution in [0.1, 0.15) is 17.3 Å². The standard InChI is InChI=1S/C9H11N3O2S/c1-2-14-8(13)6-3-4-11-7(5-6)12-9(10)15/h3-5H,2H2,1H3,(H3,10,11,12,15). The quantitative estimate of drug-likeness (QED) is 0.588. The number of carbonyl (C=O) groups is 1. The predicted octanol–water partition coefficient (Wildman–Crippen LogP) is 0.914. The molecule has 3 N–H and O–H groups in total. The Labute approximate surface area is 92.6 Å². The van der Waals surface area contributed by atoms with Crippen LogP contribution in [0.5, 0.6) is 0 Å². The number of esters is 1. The molecule has 15 heavy (non-hydrogen) atoms. The van der Waals surface area contributed by atoms with Crippen molar-refractivity contribution in [2.24, 2.45) is 5.73 Å². The molecule has 0 aliphatic rings. The highest BCUT2D eigenvalue weighted by molar-refractivity contribution is 7.80. The molecule has 80 valence electrons. The molecule has 0 saturated carbocycles. The summed E-state index contributed by atoms with van der Waals surface area (Å²) < 4.78 is 4.83. The molecule has 5 nitrogen and oxygen atoms in total. The second-order valence-electron chi connectivity index (χ2n) is 2.64. The van der Waals surface area contributed by atoms with E-state index >= 15 is 0 Å². The molecule has 0 fully saturated rings. The van der Waals surface area contributed by atoms with Gasteiger partial charge in [-0.1, -0.05) is 0 Å². The van der Waals surface area contributed by atoms with Gasteiger partial charge in [0.2, 0.25) is 0 Å². The summed E-state index contributed by atoms with van der Waals surface area (Å²) in [6.07, 6.45) is 1.48. The smallest absolute Gasteiger partial charge is 0.338 e. The zero-order valence-electron chi connectivity index (χ0n) is 8.19. The summed E-state index contributed by atoms with van der Waals surface area (Å²) >= 11 is 4.65. The van der Waals surface area contributed by atoms with Crippen LogP contribution in [-0.2, 0) is 4.74 Å². The molecule has 0 atom stereocenters. The molecule has 6 heteroatoms. The first-order chi connectivity index (χ1) is 7.13. The molecule has 1 aromatic rings. The Balaban J connectivity index is 2.82. The fourth-order valence-electron chi connectivity index (χ4n) is 0.967. The summed E-state index contributed by atoms with van der Waals surface area (Å²) in [5, 5.41) is 2.73. The van der Waals surface area contributed by atoms with Gasteiger partial charge in [-0.15, -0.1) is 0 Å². The number of ether oxygens (including phenoxy) is 1. The number of anilines is 1. The summed E-state index contributed by atoms with van der Waals surface area (Å²) in [5.41, 5.74) is 5.68. The van der Waals surface area contributed by atoms with E-state index in [1.54, 1.807) is 13.0 Å². The van der Waals surface area contributed by atoms with Crippen LogP contribution in [0.15, 0.2) is 18.3 Å². The molecular weight excluding hydrogens is 214 g/mol. The summed E-state index contributed by atoms with van der Waals surface area (Å²) in [6, 6.07) is 3.08. The summed E-state index contributed by atoms with van der Waals surface area (Å²) in [7, 11) is 0. The molecule has 0 bridgehead atoms. The van der Waals surface area contributed by atoms with Crippen LogP contribution in [0.3, 0.4) is 0 Å². The minimum Gasteiger partial charge on any atom is -0.462 e. The SMILES string of the molecule is CCOC(=O)c1ccnc(NC(N)=S)c1. The number of hydrogen-bond acceptors (Lipinski definition) is 4. The number of carbonyl (C=O) groups excluding carboxylic acids is 1. The van der Waals surface area contributed by atoms with Crippen molar-refractivity contribution in [2.45, 2.75) is 6.92 Å². The van der Waals surface area contributed by atoms with Gasteiger partial charge >= 0.3 is 5.97 Å². The fraction of sp³-hybridized carbons (Fsp3) is 0.222. The highest BCUT2D eigenvalue weighted by atomic mass is 32.1. The average molecular weight is 225 g/mol. The van der Waals surface area contributed by atoms with Gasteiger partial charge in [0.05, 0.1) is 12.2 Å². The van der Waals surface area contributed by atoms with Gasteiger partial charge in [0.15, 0.2) is 5.11 Å². The fourth-order valence-corrected chi connectivity index (χ4v) is 1.07. The molecule has 1 rings (SSSR count). The van der Waals surface area contributed by atoms with Crippen molar-refractivity contribution in [3.63, 3.8) is 0 Å². The number of hydrogen-bond donors (Lipinski definition) is 2. The Morgan fingerprint density at radius 1 is 1.73 bits per heavy atom. The highest BCUT2D eigenvalue weighted by Gasteiger charge is 2.07. The van der Waals surface area contributed by atoms with E-state index < -0.39 is 5.97 Å². The first kappa shape index (κ1) is 11.4. The Hall–Kier alpha value is -1.69. The van der Waals surface area contributed by atoms with Gasteiger partial charge in [0.1, 0.15) is 5.82 Å². The topological polar surface area (TPSA) is 77.2 Å². The highest BCUT2D eigenvalue weighted by Crippen LogP contribution is 2.07. The van der Waals surface area contributed by atoms with Crippen LogP contribution in [0.4, 0.5) is 5.82 Å². The number of nitrogens with zero attached hydrogens (tertiary/aromatic N) is 1. The molecule has 0 aromatic carbocycles. The van der Waals surface area contributed by atoms with E-state index in [9.17, 15) is 4.79 Å². The molecule has 0 spiro atoms. The van der Waals surface area contributed by atoms with Crippen LogP contribution in [-0.4, -0.2) is 22.7 Å². The van der Waals surface area contributed by atoms with E-state index in [2.05, 4.69) is 22.5 Å². The third kappa shape index (κ3) is 3.51. The van der Waals surface area contributed by atoms with Crippen molar-refractivity contribution >= 4 is 29.1 Å². The van der Waals surface area contributed by atoms with Gasteiger partial charge < -0.3 is 15.8 Å². The van der Waals surface area contributed by atoms with Gasteiger partial charge in [-0.05, 0) is 31.3 Å². The van der Waals surface area contributed by atoms with Gasteiger partial charge in [0.25, 0.3) is 0 Å². The molecule has 0 aliphatic carbocycles. The minimum absolute atomic E-state index is 0.100. The van der Waals surface area contributed by atoms with E-state index in [0.717, 1.165) is 0 Å². The number of thiocarbonyl (C=S) groups is 1. The van der Waals surface area contributed by atoms with Crippen molar-refractivity contribution in [1.29, 1.82) is 0 Å². The van der Waals surface area contributed by atoms with Crippen molar-refractivity contribution in [1.82, 2.24) is 4.98 Å². The van der Waals surface area contributed by atoms with Crippen LogP contribution < -0.4 is 11.1 Å². The molecule has 1 aromatic heterocycles. The van der Waals surface area contributed by atoms with E-state index in [4.69, 9.17) is 10.5 Å². The number of rotatable bonds is 3. The Morgan fingerprint density at radius 3 is 3.07 bits per heavy atom. The molecule has 0 amide bonds. The molecule has 0 unspecified atom stereocenters. The zero-order valence-corrected chi connectivity index (χ0v) is 9.00. The second-order valence-corrected chi connectivity index (χ2v) is 3.08.